The van der Waals surface area contributed by atoms with Gasteiger partial charge in [-0.1, -0.05) is 0 Å². The van der Waals surface area contributed by atoms with Crippen molar-refractivity contribution in [1.29, 1.82) is 0 Å². The van der Waals surface area contributed by atoms with Gasteiger partial charge < -0.3 is 19.1 Å². The summed E-state index contributed by atoms with van der Waals surface area (Å²) >= 11 is 0. The maximum absolute atomic E-state index is 5.42. The average molecular weight is 234 g/mol. The Hall–Kier alpha value is -0.200. The second-order valence-electron chi connectivity index (χ2n) is 3.52. The summed E-state index contributed by atoms with van der Waals surface area (Å²) in [5.41, 5.74) is 0. The van der Waals surface area contributed by atoms with Gasteiger partial charge in [0.1, 0.15) is 0 Å². The summed E-state index contributed by atoms with van der Waals surface area (Å²) in [5, 5.41) is 2.91. The molecule has 0 bridgehead atoms. The smallest absolute Gasteiger partial charge is 0.0963 e. The highest BCUT2D eigenvalue weighted by Gasteiger charge is 1.97. The molecule has 0 aromatic carbocycles. The Balaban J connectivity index is 3.06. The van der Waals surface area contributed by atoms with E-state index in [4.69, 9.17) is 14.2 Å². The van der Waals surface area contributed by atoms with Crippen molar-refractivity contribution < 1.29 is 14.2 Å². The van der Waals surface area contributed by atoms with Crippen LogP contribution in [-0.4, -0.2) is 71.8 Å². The standard InChI is InChI=1S/C11H26N2O3/c1-4-14-7-5-13(3)6-8-15-9-10-16-11-12-2/h12H,4-11H2,1-3H3. The van der Waals surface area contributed by atoms with Gasteiger partial charge in [0.2, 0.25) is 0 Å². The van der Waals surface area contributed by atoms with Gasteiger partial charge in [-0.3, -0.25) is 5.32 Å². The first-order valence-corrected chi connectivity index (χ1v) is 5.87. The minimum Gasteiger partial charge on any atom is -0.380 e. The lowest BCUT2D eigenvalue weighted by molar-refractivity contribution is 0.0335. The Labute approximate surface area is 99.0 Å². The second-order valence-corrected chi connectivity index (χ2v) is 3.52. The van der Waals surface area contributed by atoms with E-state index in [-0.39, 0.29) is 0 Å². The molecule has 98 valence electrons. The monoisotopic (exact) mass is 234 g/mol. The molecular formula is C11H26N2O3. The first-order chi connectivity index (χ1) is 7.81. The molecule has 0 saturated carbocycles. The number of ether oxygens (including phenoxy) is 3. The van der Waals surface area contributed by atoms with Crippen molar-refractivity contribution in [2.24, 2.45) is 0 Å². The van der Waals surface area contributed by atoms with E-state index in [1.165, 1.54) is 0 Å². The van der Waals surface area contributed by atoms with E-state index in [9.17, 15) is 0 Å². The lowest BCUT2D eigenvalue weighted by atomic mass is 10.5. The van der Waals surface area contributed by atoms with Crippen LogP contribution in [0.1, 0.15) is 6.92 Å². The number of hydrogen-bond donors (Lipinski definition) is 1. The SMILES string of the molecule is CCOCCN(C)CCOCCOCNC. The van der Waals surface area contributed by atoms with E-state index in [0.717, 1.165) is 32.9 Å². The van der Waals surface area contributed by atoms with Gasteiger partial charge in [0.25, 0.3) is 0 Å². The lowest BCUT2D eigenvalue weighted by Gasteiger charge is -2.16. The summed E-state index contributed by atoms with van der Waals surface area (Å²) in [5.74, 6) is 0. The molecule has 0 fully saturated rings. The largest absolute Gasteiger partial charge is 0.380 e. The van der Waals surface area contributed by atoms with Gasteiger partial charge in [0.15, 0.2) is 0 Å². The topological polar surface area (TPSA) is 43.0 Å². The zero-order valence-electron chi connectivity index (χ0n) is 10.8. The van der Waals surface area contributed by atoms with Crippen molar-refractivity contribution in [3.05, 3.63) is 0 Å². The van der Waals surface area contributed by atoms with Crippen LogP contribution in [-0.2, 0) is 14.2 Å². The number of nitrogens with zero attached hydrogens (tertiary/aromatic N) is 1. The second kappa shape index (κ2) is 12.9. The maximum atomic E-state index is 5.42. The van der Waals surface area contributed by atoms with Gasteiger partial charge in [0.05, 0.1) is 33.2 Å². The highest BCUT2D eigenvalue weighted by atomic mass is 16.5. The van der Waals surface area contributed by atoms with Gasteiger partial charge in [-0.25, -0.2) is 0 Å². The fraction of sp³-hybridized carbons (Fsp3) is 1.00. The van der Waals surface area contributed by atoms with Crippen LogP contribution in [0.3, 0.4) is 0 Å². The molecule has 0 aliphatic carbocycles. The van der Waals surface area contributed by atoms with E-state index in [2.05, 4.69) is 17.3 Å². The molecule has 1 N–H and O–H groups in total. The summed E-state index contributed by atoms with van der Waals surface area (Å²) < 4.78 is 15.9. The summed E-state index contributed by atoms with van der Waals surface area (Å²) in [6.45, 7) is 8.08. The van der Waals surface area contributed by atoms with Crippen molar-refractivity contribution in [3.63, 3.8) is 0 Å². The van der Waals surface area contributed by atoms with Crippen molar-refractivity contribution in [2.75, 3.05) is 67.0 Å². The Kier molecular flexibility index (Phi) is 12.7. The van der Waals surface area contributed by atoms with Crippen LogP contribution in [0.5, 0.6) is 0 Å². The van der Waals surface area contributed by atoms with Crippen LogP contribution >= 0.6 is 0 Å². The molecule has 0 aromatic rings. The molecule has 5 heteroatoms. The van der Waals surface area contributed by atoms with Gasteiger partial charge in [-0.05, 0) is 21.0 Å². The van der Waals surface area contributed by atoms with Gasteiger partial charge in [0, 0.05) is 19.7 Å². The minimum atomic E-state index is 0.581. The third-order valence-corrected chi connectivity index (χ3v) is 2.06. The van der Waals surface area contributed by atoms with Crippen LogP contribution in [0.25, 0.3) is 0 Å². The van der Waals surface area contributed by atoms with Crippen molar-refractivity contribution in [2.45, 2.75) is 6.92 Å². The fourth-order valence-corrected chi connectivity index (χ4v) is 1.09. The summed E-state index contributed by atoms with van der Waals surface area (Å²) in [4.78, 5) is 2.20. The molecule has 0 atom stereocenters. The zero-order chi connectivity index (χ0) is 12.1. The molecule has 16 heavy (non-hydrogen) atoms. The summed E-state index contributed by atoms with van der Waals surface area (Å²) in [7, 11) is 3.92. The highest BCUT2D eigenvalue weighted by Crippen LogP contribution is 1.85. The van der Waals surface area contributed by atoms with Crippen molar-refractivity contribution in [3.8, 4) is 0 Å². The lowest BCUT2D eigenvalue weighted by Crippen LogP contribution is -2.27. The molecule has 0 saturated heterocycles. The predicted octanol–water partition coefficient (Wildman–Crippen LogP) is 0.165. The number of likely N-dealkylation sites (N-methyl/N-ethyl adjacent to an activating group) is 1. The van der Waals surface area contributed by atoms with Gasteiger partial charge in [-0.15, -0.1) is 0 Å². The number of nitrogens with one attached hydrogen (secondary N) is 1. The quantitative estimate of drug-likeness (QED) is 0.385. The van der Waals surface area contributed by atoms with Crippen LogP contribution in [0, 0.1) is 0 Å². The Morgan fingerprint density at radius 2 is 1.56 bits per heavy atom. The zero-order valence-corrected chi connectivity index (χ0v) is 10.8. The molecule has 0 rings (SSSR count). The van der Waals surface area contributed by atoms with Crippen molar-refractivity contribution in [1.82, 2.24) is 10.2 Å². The normalized spacial score (nSPS) is 11.2. The molecular weight excluding hydrogens is 208 g/mol. The Morgan fingerprint density at radius 1 is 0.938 bits per heavy atom. The van der Waals surface area contributed by atoms with Crippen molar-refractivity contribution >= 4 is 0 Å². The molecule has 0 heterocycles. The summed E-state index contributed by atoms with van der Waals surface area (Å²) in [6.07, 6.45) is 0. The molecule has 0 amide bonds. The Morgan fingerprint density at radius 3 is 2.19 bits per heavy atom. The number of hydrogen-bond acceptors (Lipinski definition) is 5. The van der Waals surface area contributed by atoms with Crippen LogP contribution in [0.2, 0.25) is 0 Å². The maximum Gasteiger partial charge on any atom is 0.0963 e. The van der Waals surface area contributed by atoms with Gasteiger partial charge in [-0.2, -0.15) is 0 Å². The van der Waals surface area contributed by atoms with Crippen LogP contribution < -0.4 is 5.32 Å². The predicted molar refractivity (Wildman–Crippen MR) is 64.7 cm³/mol. The third-order valence-electron chi connectivity index (χ3n) is 2.06. The van der Waals surface area contributed by atoms with Crippen LogP contribution in [0.4, 0.5) is 0 Å². The average Bonchev–Trinajstić information content (AvgIpc) is 2.28. The van der Waals surface area contributed by atoms with E-state index in [1.54, 1.807) is 0 Å². The first kappa shape index (κ1) is 15.8. The molecule has 0 aliphatic heterocycles. The van der Waals surface area contributed by atoms with Crippen LogP contribution in [0.15, 0.2) is 0 Å². The van der Waals surface area contributed by atoms with E-state index in [1.807, 2.05) is 14.0 Å². The molecule has 0 unspecified atom stereocenters. The molecule has 0 spiro atoms. The third kappa shape index (κ3) is 11.9. The van der Waals surface area contributed by atoms with E-state index < -0.39 is 0 Å². The summed E-state index contributed by atoms with van der Waals surface area (Å²) in [6, 6.07) is 0. The highest BCUT2D eigenvalue weighted by molar-refractivity contribution is 4.49. The number of rotatable bonds is 12. The Bertz CT molecular complexity index is 136. The molecule has 0 aromatic heterocycles. The fourth-order valence-electron chi connectivity index (χ4n) is 1.09. The van der Waals surface area contributed by atoms with E-state index >= 15 is 0 Å². The molecule has 0 radical (unpaired) electrons. The van der Waals surface area contributed by atoms with Gasteiger partial charge >= 0.3 is 0 Å². The minimum absolute atomic E-state index is 0.581. The van der Waals surface area contributed by atoms with E-state index in [0.29, 0.717) is 19.9 Å². The molecule has 5 nitrogen and oxygen atoms in total. The first-order valence-electron chi connectivity index (χ1n) is 5.87. The molecule has 0 aliphatic rings.